The van der Waals surface area contributed by atoms with Crippen LogP contribution in [0.15, 0.2) is 415 Å². The zero-order chi connectivity index (χ0) is 90.9. The molecule has 4 aliphatic rings. The molecule has 8 heterocycles. The first-order valence-corrected chi connectivity index (χ1v) is 43.6. The van der Waals surface area contributed by atoms with E-state index in [1.807, 2.05) is 200 Å². The minimum Gasteiger partial charge on any atom is -0.508 e. The molecule has 4 aromatic heterocycles. The van der Waals surface area contributed by atoms with Gasteiger partial charge < -0.3 is 38.1 Å². The van der Waals surface area contributed by atoms with Crippen molar-refractivity contribution < 1.29 is 57.3 Å². The molecule has 4 N–H and O–H groups in total. The molecule has 4 aliphatic heterocycles. The molecular formula is C108H69BrCl6N4O12. The monoisotopic (exact) mass is 1900 g/mol. The fourth-order valence-electron chi connectivity index (χ4n) is 14.8. The number of para-hydroxylation sites is 2. The second-order valence-corrected chi connectivity index (χ2v) is 33.2. The van der Waals surface area contributed by atoms with E-state index < -0.39 is 0 Å². The van der Waals surface area contributed by atoms with Crippen molar-refractivity contribution in [3.8, 4) is 68.3 Å². The molecule has 4 amide bonds. The van der Waals surface area contributed by atoms with E-state index in [-0.39, 0.29) is 46.6 Å². The van der Waals surface area contributed by atoms with Gasteiger partial charge in [0.25, 0.3) is 23.6 Å². The summed E-state index contributed by atoms with van der Waals surface area (Å²) < 4.78 is 24.9. The molecule has 23 heteroatoms. The van der Waals surface area contributed by atoms with Crippen LogP contribution in [0.3, 0.4) is 0 Å². The Labute approximate surface area is 790 Å². The average molecular weight is 1910 g/mol. The fourth-order valence-corrected chi connectivity index (χ4v) is 16.0. The fraction of sp³-hybridized carbons (Fsp3) is 0. The number of furan rings is 4. The lowest BCUT2D eigenvalue weighted by Gasteiger charge is -2.21. The van der Waals surface area contributed by atoms with Gasteiger partial charge >= 0.3 is 0 Å². The largest absolute Gasteiger partial charge is 0.508 e. The van der Waals surface area contributed by atoms with Crippen LogP contribution in [0.4, 0.5) is 22.7 Å². The Kier molecular flexibility index (Phi) is 26.4. The molecule has 16 aromatic rings. The highest BCUT2D eigenvalue weighted by Gasteiger charge is 2.36. The van der Waals surface area contributed by atoms with Crippen LogP contribution in [0, 0.1) is 0 Å². The van der Waals surface area contributed by atoms with Gasteiger partial charge in [-0.3, -0.25) is 38.8 Å². The van der Waals surface area contributed by atoms with Gasteiger partial charge in [-0.25, -0.2) is 0 Å². The number of rotatable bonds is 16. The third kappa shape index (κ3) is 20.0. The van der Waals surface area contributed by atoms with Crippen LogP contribution in [-0.2, 0) is 19.2 Å². The van der Waals surface area contributed by atoms with Gasteiger partial charge in [-0.2, -0.15) is 0 Å². The van der Waals surface area contributed by atoms with E-state index in [0.29, 0.717) is 127 Å². The number of amides is 4. The van der Waals surface area contributed by atoms with E-state index in [1.54, 1.807) is 209 Å². The van der Waals surface area contributed by atoms with E-state index in [2.05, 4.69) is 15.9 Å². The van der Waals surface area contributed by atoms with Crippen molar-refractivity contribution in [2.45, 2.75) is 0 Å². The third-order valence-corrected chi connectivity index (χ3v) is 23.7. The number of hydrogen-bond acceptors (Lipinski definition) is 12. The minimum atomic E-state index is -0.261. The maximum Gasteiger partial charge on any atom is 0.263 e. The summed E-state index contributed by atoms with van der Waals surface area (Å²) in [6.07, 6.45) is 14.2. The minimum absolute atomic E-state index is 0.0221. The molecule has 0 bridgehead atoms. The van der Waals surface area contributed by atoms with Gasteiger partial charge in [-0.05, 0) is 271 Å². The number of carbonyl (C=O) groups is 4. The first-order chi connectivity index (χ1) is 63.6. The number of phenols is 4. The van der Waals surface area contributed by atoms with Crippen molar-refractivity contribution in [3.63, 3.8) is 0 Å². The predicted molar refractivity (Wildman–Crippen MR) is 526 cm³/mol. The molecule has 0 atom stereocenters. The van der Waals surface area contributed by atoms with E-state index in [4.69, 9.17) is 87.3 Å². The highest BCUT2D eigenvalue weighted by atomic mass is 79.9. The molecule has 0 saturated carbocycles. The number of nitrogens with zero attached hydrogens (tertiary/aromatic N) is 4. The molecule has 131 heavy (non-hydrogen) atoms. The maximum atomic E-state index is 13.4. The first-order valence-electron chi connectivity index (χ1n) is 40.6. The number of anilines is 4. The summed E-state index contributed by atoms with van der Waals surface area (Å²) in [4.78, 5) is 60.1. The lowest BCUT2D eigenvalue weighted by molar-refractivity contribution is -0.114. The smallest absolute Gasteiger partial charge is 0.263 e. The molecular weight excluding hydrogens is 1840 g/mol. The van der Waals surface area contributed by atoms with Crippen molar-refractivity contribution in [2.24, 2.45) is 0 Å². The zero-order valence-electron chi connectivity index (χ0n) is 68.5. The van der Waals surface area contributed by atoms with Crippen molar-refractivity contribution in [1.29, 1.82) is 0 Å². The average Bonchev–Trinajstić information content (AvgIpc) is 1.65. The molecule has 0 saturated heterocycles. The molecule has 0 unspecified atom stereocenters. The van der Waals surface area contributed by atoms with Crippen LogP contribution in [0.5, 0.6) is 23.0 Å². The Bertz CT molecular complexity index is 7300. The normalized spacial score (nSPS) is 14.7. The maximum absolute atomic E-state index is 13.4. The van der Waals surface area contributed by atoms with Crippen molar-refractivity contribution >= 4 is 179 Å². The van der Waals surface area contributed by atoms with Crippen LogP contribution in [0.1, 0.15) is 45.3 Å². The summed E-state index contributed by atoms with van der Waals surface area (Å²) in [5, 5.41) is 42.3. The van der Waals surface area contributed by atoms with Crippen LogP contribution in [0.2, 0.25) is 30.1 Å². The highest BCUT2D eigenvalue weighted by molar-refractivity contribution is 9.10. The third-order valence-electron chi connectivity index (χ3n) is 21.1. The molecule has 16 nitrogen and oxygen atoms in total. The molecule has 0 aliphatic carbocycles. The number of benzene rings is 12. The van der Waals surface area contributed by atoms with Gasteiger partial charge in [0.1, 0.15) is 69.1 Å². The van der Waals surface area contributed by atoms with E-state index in [0.717, 1.165) is 66.3 Å². The Morgan fingerprint density at radius 3 is 0.908 bits per heavy atom. The van der Waals surface area contributed by atoms with Gasteiger partial charge in [0, 0.05) is 71.1 Å². The topological polar surface area (TPSA) is 215 Å². The summed E-state index contributed by atoms with van der Waals surface area (Å²) in [5.74, 6) is 4.33. The van der Waals surface area contributed by atoms with Gasteiger partial charge in [-0.15, -0.1) is 0 Å². The Balaban J connectivity index is 0.000000122. The van der Waals surface area contributed by atoms with Crippen LogP contribution in [-0.4, -0.2) is 44.1 Å². The Morgan fingerprint density at radius 2 is 0.557 bits per heavy atom. The summed E-state index contributed by atoms with van der Waals surface area (Å²) in [6.45, 7) is 0. The first kappa shape index (κ1) is 88.0. The summed E-state index contributed by atoms with van der Waals surface area (Å²) in [7, 11) is 0. The molecule has 642 valence electrons. The molecule has 20 rings (SSSR count). The number of aromatic hydroxyl groups is 4. The molecule has 0 fully saturated rings. The Morgan fingerprint density at radius 1 is 0.260 bits per heavy atom. The van der Waals surface area contributed by atoms with E-state index >= 15 is 0 Å². The van der Waals surface area contributed by atoms with Gasteiger partial charge in [-0.1, -0.05) is 231 Å². The molecule has 12 aromatic carbocycles. The van der Waals surface area contributed by atoms with Gasteiger partial charge in [0.05, 0.1) is 53.6 Å². The SMILES string of the molecule is O=C1/C(=C/c2ccc(-c3cc(Cl)ccc3Cl)o2)C=C(c2ccccc2)N1c1ccc(O)cc1.O=C1/C(=C/c2ccc(-c3ccc(Br)cc3)o2)C=C(c2ccccc2)N1c1ccc(O)cc1.O=C1/C(=C/c2ccc(-c3ccc(Cl)c(Cl)c3)o2)C=C(c2ccccc2)N1c1ccc(O)cc1.O=C1/C(=C/c2ccc(-c3ccc(Cl)c(Cl)c3)o2)C=C(c2ccccc2)N1c1ccccc1O. The van der Waals surface area contributed by atoms with Crippen molar-refractivity contribution in [2.75, 3.05) is 19.6 Å². The summed E-state index contributed by atoms with van der Waals surface area (Å²) in [6, 6.07) is 103. The van der Waals surface area contributed by atoms with Crippen LogP contribution in [0.25, 0.3) is 92.4 Å². The predicted octanol–water partition coefficient (Wildman–Crippen LogP) is 29.2. The Hall–Kier alpha value is -15.0. The van der Waals surface area contributed by atoms with Gasteiger partial charge in [0.2, 0.25) is 0 Å². The number of hydrogen-bond donors (Lipinski definition) is 4. The van der Waals surface area contributed by atoms with Crippen LogP contribution >= 0.6 is 85.5 Å². The number of carbonyl (C=O) groups excluding carboxylic acids is 4. The number of halogens is 7. The lowest BCUT2D eigenvalue weighted by Crippen LogP contribution is -2.25. The standard InChI is InChI=1S/C27H18BrNO3.3C27H17Cl2NO3/c28-21-8-6-19(7-9-21)26-15-14-24(32-26)16-20-17-25(18-4-2-1-3-5-18)29(27(20)31)22-10-12-23(30)13-11-22;28-21-12-10-18(15-22(21)29)26-13-11-20(33-26)14-19-16-24(17-6-2-1-3-7-17)30(27(19)32)23-8-4-5-9-25(23)31;28-19-6-12-24(29)23(16-19)26-13-11-22(33-26)14-18-15-25(17-4-2-1-3-5-17)30(27(18)32)20-7-9-21(31)10-8-20;28-23-12-6-18(15-24(23)29)26-13-11-22(33-26)14-19-16-25(17-4-2-1-3-5-17)30(27(19)32)20-7-9-21(31)10-8-20/h1-17,30H;3*1-16,31H/b20-16+;19-14+;18-14+;19-14+. The lowest BCUT2D eigenvalue weighted by atomic mass is 10.1. The molecule has 0 spiro atoms. The highest BCUT2D eigenvalue weighted by Crippen LogP contribution is 2.45. The van der Waals surface area contributed by atoms with E-state index in [9.17, 15) is 39.6 Å². The summed E-state index contributed by atoms with van der Waals surface area (Å²) >= 11 is 40.1. The van der Waals surface area contributed by atoms with Crippen molar-refractivity contribution in [1.82, 2.24) is 0 Å². The summed E-state index contributed by atoms with van der Waals surface area (Å²) in [5.41, 5.74) is 14.0. The number of phenolic OH excluding ortho intramolecular Hbond substituents is 4. The quantitative estimate of drug-likeness (QED) is 0.0665. The second-order valence-electron chi connectivity index (χ2n) is 29.8. The van der Waals surface area contributed by atoms with Crippen LogP contribution < -0.4 is 19.6 Å². The van der Waals surface area contributed by atoms with E-state index in [1.165, 1.54) is 4.90 Å². The van der Waals surface area contributed by atoms with Crippen molar-refractivity contribution in [3.05, 3.63) is 472 Å². The zero-order valence-corrected chi connectivity index (χ0v) is 74.6. The second kappa shape index (κ2) is 39.3. The van der Waals surface area contributed by atoms with Gasteiger partial charge in [0.15, 0.2) is 0 Å². The molecule has 0 radical (unpaired) electrons.